The molecule has 0 spiro atoms. The van der Waals surface area contributed by atoms with Gasteiger partial charge in [0.25, 0.3) is 20.0 Å². The van der Waals surface area contributed by atoms with Gasteiger partial charge in [0.2, 0.25) is 11.8 Å². The number of hydrogen-bond donors (Lipinski definition) is 5. The van der Waals surface area contributed by atoms with Crippen LogP contribution in [0.5, 0.6) is 0 Å². The highest BCUT2D eigenvalue weighted by atomic mass is 32.2. The Kier molecular flexibility index (Phi) is 27.1. The van der Waals surface area contributed by atoms with E-state index in [-0.39, 0.29) is 28.2 Å². The van der Waals surface area contributed by atoms with Gasteiger partial charge in [-0.2, -0.15) is 0 Å². The summed E-state index contributed by atoms with van der Waals surface area (Å²) in [5.41, 5.74) is 6.11. The molecule has 2 saturated heterocycles. The summed E-state index contributed by atoms with van der Waals surface area (Å²) in [6.07, 6.45) is 15.6. The van der Waals surface area contributed by atoms with Crippen LogP contribution in [0.4, 0.5) is 21.6 Å². The summed E-state index contributed by atoms with van der Waals surface area (Å²) in [4.78, 5) is 44.2. The number of aryl methyl sites for hydroxylation is 2. The molecule has 0 aliphatic carbocycles. The van der Waals surface area contributed by atoms with Crippen LogP contribution in [-0.4, -0.2) is 149 Å². The molecule has 2 aromatic heterocycles. The van der Waals surface area contributed by atoms with E-state index in [9.17, 15) is 26.4 Å². The van der Waals surface area contributed by atoms with E-state index in [1.807, 2.05) is 47.2 Å². The molecule has 2 amide bonds. The highest BCUT2D eigenvalue weighted by Crippen LogP contribution is 2.30. The Morgan fingerprint density at radius 1 is 0.512 bits per heavy atom. The number of aliphatic hydroxyl groups excluding tert-OH is 1. The number of β-amino-alcohol motifs (C(OH)–C–C–N with tert-alkyl or cyclic N) is 1. The molecule has 0 saturated carbocycles. The summed E-state index contributed by atoms with van der Waals surface area (Å²) in [6, 6.07) is 28.5. The van der Waals surface area contributed by atoms with Crippen LogP contribution in [0.25, 0.3) is 22.5 Å². The zero-order valence-electron chi connectivity index (χ0n) is 49.4. The van der Waals surface area contributed by atoms with Gasteiger partial charge in [-0.1, -0.05) is 101 Å². The van der Waals surface area contributed by atoms with Gasteiger partial charge >= 0.3 is 0 Å². The first kappa shape index (κ1) is 65.9. The molecule has 2 aliphatic heterocycles. The molecule has 0 unspecified atom stereocenters. The largest absolute Gasteiger partial charge is 0.395 e. The second kappa shape index (κ2) is 34.5. The van der Waals surface area contributed by atoms with E-state index >= 15 is 0 Å². The van der Waals surface area contributed by atoms with Crippen LogP contribution in [0.2, 0.25) is 0 Å². The Morgan fingerprint density at radius 3 is 1.32 bits per heavy atom. The van der Waals surface area contributed by atoms with Crippen molar-refractivity contribution in [1.82, 2.24) is 29.6 Å². The molecule has 2 fully saturated rings. The molecular weight excluding hydrogens is 1140 g/mol. The topological polar surface area (TPSA) is 210 Å². The number of anilines is 4. The third kappa shape index (κ3) is 22.3. The highest BCUT2D eigenvalue weighted by molar-refractivity contribution is 7.93. The molecule has 84 heavy (non-hydrogen) atoms. The minimum absolute atomic E-state index is 0.0246. The lowest BCUT2D eigenvalue weighted by molar-refractivity contribution is -0.117. The molecule has 6 aromatic rings. The Morgan fingerprint density at radius 2 is 0.917 bits per heavy atom. The maximum Gasteiger partial charge on any atom is 0.261 e. The monoisotopic (exact) mass is 1220 g/mol. The predicted octanol–water partition coefficient (Wildman–Crippen LogP) is 11.5. The van der Waals surface area contributed by atoms with E-state index < -0.39 is 20.0 Å². The van der Waals surface area contributed by atoms with Crippen molar-refractivity contribution >= 4 is 76.2 Å². The van der Waals surface area contributed by atoms with Gasteiger partial charge in [0.05, 0.1) is 27.8 Å². The average molecular weight is 1230 g/mol. The number of piperazine rings is 2. The van der Waals surface area contributed by atoms with Crippen molar-refractivity contribution in [1.29, 1.82) is 0 Å². The number of unbranched alkanes of at least 4 members (excludes halogenated alkanes) is 8. The first-order chi connectivity index (χ1) is 40.7. The van der Waals surface area contributed by atoms with Crippen LogP contribution >= 0.6 is 22.7 Å². The van der Waals surface area contributed by atoms with Crippen LogP contribution in [0, 0.1) is 0 Å². The van der Waals surface area contributed by atoms with Crippen molar-refractivity contribution in [2.24, 2.45) is 0 Å². The number of nitrogens with one attached hydrogen (secondary N) is 4. The van der Waals surface area contributed by atoms with Crippen molar-refractivity contribution < 1.29 is 31.5 Å². The fraction of sp³-hybridized carbons (Fsp3) is 0.492. The van der Waals surface area contributed by atoms with Crippen molar-refractivity contribution in [3.63, 3.8) is 0 Å². The van der Waals surface area contributed by atoms with Crippen molar-refractivity contribution in [2.45, 2.75) is 126 Å². The predicted molar refractivity (Wildman–Crippen MR) is 344 cm³/mol. The van der Waals surface area contributed by atoms with Gasteiger partial charge in [-0.05, 0) is 131 Å². The van der Waals surface area contributed by atoms with Crippen molar-refractivity contribution in [2.75, 3.05) is 106 Å². The lowest BCUT2D eigenvalue weighted by Gasteiger charge is -2.34. The molecule has 17 nitrogen and oxygen atoms in total. The minimum atomic E-state index is -3.73. The zero-order chi connectivity index (χ0) is 59.6. The summed E-state index contributed by atoms with van der Waals surface area (Å²) >= 11 is 2.72. The number of sulfonamides is 2. The van der Waals surface area contributed by atoms with E-state index in [0.29, 0.717) is 45.9 Å². The van der Waals surface area contributed by atoms with Gasteiger partial charge in [-0.3, -0.25) is 23.9 Å². The molecule has 2 aliphatic rings. The number of nitrogens with zero attached hydrogens (tertiary/aromatic N) is 6. The number of amides is 2. The number of likely N-dealkylation sites (N-methyl/N-ethyl adjacent to an activating group) is 1. The van der Waals surface area contributed by atoms with E-state index in [1.165, 1.54) is 29.1 Å². The lowest BCUT2D eigenvalue weighted by atomic mass is 10.1. The number of thiazole rings is 2. The molecule has 0 bridgehead atoms. The fourth-order valence-corrected chi connectivity index (χ4v) is 13.6. The number of carbonyl (C=O) groups excluding carboxylic acids is 2. The minimum Gasteiger partial charge on any atom is -0.395 e. The zero-order valence-corrected chi connectivity index (χ0v) is 52.7. The molecule has 0 radical (unpaired) electrons. The summed E-state index contributed by atoms with van der Waals surface area (Å²) in [7, 11) is -5.28. The lowest BCUT2D eigenvalue weighted by Crippen LogP contribution is -2.47. The average Bonchev–Trinajstić information content (AvgIpc) is 4.32. The van der Waals surface area contributed by atoms with Crippen LogP contribution in [0.3, 0.4) is 0 Å². The Bertz CT molecular complexity index is 3160. The smallest absolute Gasteiger partial charge is 0.261 e. The first-order valence-corrected chi connectivity index (χ1v) is 34.8. The van der Waals surface area contributed by atoms with Gasteiger partial charge in [0.1, 0.15) is 0 Å². The van der Waals surface area contributed by atoms with E-state index in [1.54, 1.807) is 60.7 Å². The molecule has 0 atom stereocenters. The Balaban J connectivity index is 0.000000241. The summed E-state index contributed by atoms with van der Waals surface area (Å²) in [6.45, 7) is 16.1. The third-order valence-electron chi connectivity index (χ3n) is 15.2. The quantitative estimate of drug-likeness (QED) is 0.0249. The number of aromatic nitrogens is 2. The van der Waals surface area contributed by atoms with E-state index in [0.717, 1.165) is 178 Å². The first-order valence-electron chi connectivity index (χ1n) is 30.1. The third-order valence-corrected chi connectivity index (χ3v) is 19.5. The highest BCUT2D eigenvalue weighted by Gasteiger charge is 2.20. The van der Waals surface area contributed by atoms with E-state index in [4.69, 9.17) is 5.11 Å². The second-order valence-corrected chi connectivity index (χ2v) is 27.0. The fourth-order valence-electron chi connectivity index (χ4n) is 10.1. The Labute approximate surface area is 507 Å². The van der Waals surface area contributed by atoms with Crippen LogP contribution < -0.4 is 20.1 Å². The SMILES string of the molecule is CCCCCc1ccc(S(=O)(=O)Nc2cccc(-c3csc(NC(=O)CCCCCN4CCN(C)CC4)n3)c2)cc1.CCCCCc1ccc(S(=O)(=O)Nc2cccc(-c3csc(NC(=O)CCCCCN4CCN(CCO)CC4)n3)c2)cc1. The van der Waals surface area contributed by atoms with Gasteiger partial charge in [0, 0.05) is 105 Å². The van der Waals surface area contributed by atoms with Gasteiger partial charge in [-0.15, -0.1) is 22.7 Å². The van der Waals surface area contributed by atoms with Gasteiger partial charge in [-0.25, -0.2) is 26.8 Å². The van der Waals surface area contributed by atoms with Crippen molar-refractivity contribution in [3.05, 3.63) is 119 Å². The second-order valence-electron chi connectivity index (χ2n) is 21.9. The van der Waals surface area contributed by atoms with Crippen LogP contribution in [0.1, 0.15) is 115 Å². The van der Waals surface area contributed by atoms with Crippen LogP contribution in [-0.2, 0) is 42.5 Å². The molecule has 8 rings (SSSR count). The molecule has 21 heteroatoms. The van der Waals surface area contributed by atoms with Gasteiger partial charge in [0.15, 0.2) is 10.3 Å². The number of aliphatic hydroxyl groups is 1. The summed E-state index contributed by atoms with van der Waals surface area (Å²) in [5.74, 6) is -0.0696. The Hall–Kier alpha value is -5.62. The normalized spacial score (nSPS) is 14.6. The summed E-state index contributed by atoms with van der Waals surface area (Å²) < 4.78 is 57.4. The number of hydrogen-bond acceptors (Lipinski definition) is 15. The van der Waals surface area contributed by atoms with Gasteiger partial charge < -0.3 is 30.4 Å². The standard InChI is InChI=1S/C32H45N5O4S2.C31H43N5O3S2/c1-2-3-5-9-26-13-15-29(16-14-26)43(40,41)35-28-11-8-10-27(24-28)30-25-42-32(33-30)34-31(39)12-6-4-7-17-36-18-20-37(21-19-36)22-23-38;1-3-4-6-10-25-14-16-28(17-15-25)41(38,39)34-27-12-9-11-26(23-27)29-24-40-31(32-29)33-30(37)13-7-5-8-18-36-21-19-35(2)20-22-36/h8,10-11,13-16,24-25,35,38H,2-7,9,12,17-23H2,1H3,(H,33,34,39);9,11-12,14-17,23-24,34H,3-8,10,13,18-22H2,1-2H3,(H,32,33,37). The molecule has 5 N–H and O–H groups in total. The van der Waals surface area contributed by atoms with Crippen LogP contribution in [0.15, 0.2) is 118 Å². The number of benzene rings is 4. The molecule has 4 aromatic carbocycles. The molecular formula is C63H88N10O7S4. The molecule has 456 valence electrons. The summed E-state index contributed by atoms with van der Waals surface area (Å²) in [5, 5.41) is 19.7. The van der Waals surface area contributed by atoms with E-state index in [2.05, 4.69) is 70.5 Å². The maximum absolute atomic E-state index is 13.0. The van der Waals surface area contributed by atoms with Crippen molar-refractivity contribution in [3.8, 4) is 22.5 Å². The maximum atomic E-state index is 13.0. The molecule has 4 heterocycles. The number of rotatable bonds is 32. The number of carbonyl (C=O) groups is 2.